The fourth-order valence-corrected chi connectivity index (χ4v) is 2.67. The van der Waals surface area contributed by atoms with Crippen molar-refractivity contribution in [3.63, 3.8) is 0 Å². The molecule has 2 N–H and O–H groups in total. The number of nitrogens with zero attached hydrogens (tertiary/aromatic N) is 2. The van der Waals surface area contributed by atoms with Gasteiger partial charge >= 0.3 is 0 Å². The Morgan fingerprint density at radius 2 is 2.25 bits per heavy atom. The van der Waals surface area contributed by atoms with E-state index in [-0.39, 0.29) is 22.9 Å². The molecule has 0 atom stereocenters. The number of pyridine rings is 1. The Bertz CT molecular complexity index is 768. The molecule has 108 valence electrons. The first-order valence-corrected chi connectivity index (χ1v) is 7.42. The monoisotopic (exact) mass is 318 g/mol. The molecule has 0 aliphatic carbocycles. The van der Waals surface area contributed by atoms with E-state index in [9.17, 15) is 13.2 Å². The molecule has 10 heteroatoms. The number of sulfonamides is 1. The number of halogens is 1. The molecule has 0 bridgehead atoms. The molecular weight excluding hydrogens is 308 g/mol. The lowest BCUT2D eigenvalue weighted by Crippen LogP contribution is -2.26. The van der Waals surface area contributed by atoms with Crippen LogP contribution >= 0.6 is 11.6 Å². The van der Waals surface area contributed by atoms with E-state index in [2.05, 4.69) is 19.8 Å². The van der Waals surface area contributed by atoms with Crippen LogP contribution in [0.15, 0.2) is 26.5 Å². The highest BCUT2D eigenvalue weighted by atomic mass is 35.5. The summed E-state index contributed by atoms with van der Waals surface area (Å²) >= 11 is 5.58. The maximum Gasteiger partial charge on any atom is 0.266 e. The van der Waals surface area contributed by atoms with Crippen molar-refractivity contribution in [1.29, 1.82) is 0 Å². The first-order chi connectivity index (χ1) is 9.38. The van der Waals surface area contributed by atoms with Crippen molar-refractivity contribution in [2.24, 2.45) is 0 Å². The molecule has 0 amide bonds. The van der Waals surface area contributed by atoms with Crippen LogP contribution < -0.4 is 10.3 Å². The van der Waals surface area contributed by atoms with Gasteiger partial charge < -0.3 is 9.51 Å². The lowest BCUT2D eigenvalue weighted by molar-refractivity contribution is 0.375. The van der Waals surface area contributed by atoms with E-state index in [0.717, 1.165) is 12.3 Å². The van der Waals surface area contributed by atoms with Crippen molar-refractivity contribution in [2.45, 2.75) is 18.2 Å². The molecule has 0 fully saturated rings. The zero-order valence-electron chi connectivity index (χ0n) is 10.4. The van der Waals surface area contributed by atoms with Gasteiger partial charge in [0.25, 0.3) is 5.56 Å². The molecule has 0 aromatic carbocycles. The molecule has 0 unspecified atom stereocenters. The van der Waals surface area contributed by atoms with Crippen molar-refractivity contribution in [2.75, 3.05) is 6.54 Å². The second-order valence-corrected chi connectivity index (χ2v) is 6.07. The van der Waals surface area contributed by atoms with E-state index in [0.29, 0.717) is 11.7 Å². The number of hydrogen-bond donors (Lipinski definition) is 2. The van der Waals surface area contributed by atoms with Crippen LogP contribution in [0.2, 0.25) is 5.02 Å². The van der Waals surface area contributed by atoms with Gasteiger partial charge in [-0.15, -0.1) is 0 Å². The third kappa shape index (κ3) is 3.44. The molecule has 0 radical (unpaired) electrons. The molecule has 0 spiro atoms. The highest BCUT2D eigenvalue weighted by molar-refractivity contribution is 7.89. The van der Waals surface area contributed by atoms with Crippen LogP contribution in [0, 0.1) is 6.92 Å². The average Bonchev–Trinajstić information content (AvgIpc) is 2.78. The molecule has 0 saturated heterocycles. The Hall–Kier alpha value is -1.71. The highest BCUT2D eigenvalue weighted by Crippen LogP contribution is 2.10. The van der Waals surface area contributed by atoms with Crippen LogP contribution in [0.1, 0.15) is 11.7 Å². The molecule has 2 aromatic heterocycles. The Morgan fingerprint density at radius 3 is 2.85 bits per heavy atom. The van der Waals surface area contributed by atoms with E-state index in [1.165, 1.54) is 0 Å². The number of aromatic nitrogens is 3. The summed E-state index contributed by atoms with van der Waals surface area (Å²) in [5, 5.41) is 3.40. The maximum atomic E-state index is 11.9. The van der Waals surface area contributed by atoms with Crippen molar-refractivity contribution in [1.82, 2.24) is 19.8 Å². The van der Waals surface area contributed by atoms with Gasteiger partial charge in [-0.1, -0.05) is 16.8 Å². The van der Waals surface area contributed by atoms with Crippen LogP contribution in [0.5, 0.6) is 0 Å². The minimum atomic E-state index is -3.76. The first-order valence-electron chi connectivity index (χ1n) is 5.55. The summed E-state index contributed by atoms with van der Waals surface area (Å²) in [4.78, 5) is 17.1. The van der Waals surface area contributed by atoms with E-state index >= 15 is 0 Å². The SMILES string of the molecule is Cc1noc(CCNS(=O)(=O)c2c[nH]c(=O)c(Cl)c2)n1. The number of aryl methyl sites for hydroxylation is 1. The minimum absolute atomic E-state index is 0.0840. The van der Waals surface area contributed by atoms with Gasteiger partial charge in [-0.05, 0) is 13.0 Å². The topological polar surface area (TPSA) is 118 Å². The van der Waals surface area contributed by atoms with Crippen LogP contribution in [-0.2, 0) is 16.4 Å². The maximum absolute atomic E-state index is 11.9. The fourth-order valence-electron chi connectivity index (χ4n) is 1.41. The number of hydrogen-bond acceptors (Lipinski definition) is 6. The summed E-state index contributed by atoms with van der Waals surface area (Å²) in [6, 6.07) is 1.08. The highest BCUT2D eigenvalue weighted by Gasteiger charge is 2.15. The van der Waals surface area contributed by atoms with Gasteiger partial charge in [0.1, 0.15) is 5.02 Å². The number of aromatic amines is 1. The molecule has 20 heavy (non-hydrogen) atoms. The lowest BCUT2D eigenvalue weighted by atomic mass is 10.4. The molecule has 0 aliphatic rings. The molecule has 2 rings (SSSR count). The van der Waals surface area contributed by atoms with Gasteiger partial charge in [0.05, 0.1) is 4.90 Å². The fraction of sp³-hybridized carbons (Fsp3) is 0.300. The van der Waals surface area contributed by atoms with Crippen LogP contribution in [0.4, 0.5) is 0 Å². The zero-order valence-corrected chi connectivity index (χ0v) is 12.0. The van der Waals surface area contributed by atoms with Crippen LogP contribution in [-0.4, -0.2) is 30.1 Å². The van der Waals surface area contributed by atoms with E-state index in [1.54, 1.807) is 6.92 Å². The van der Waals surface area contributed by atoms with Crippen molar-refractivity contribution in [3.8, 4) is 0 Å². The Kier molecular flexibility index (Phi) is 4.21. The predicted octanol–water partition coefficient (Wildman–Crippen LogP) is 0.241. The summed E-state index contributed by atoms with van der Waals surface area (Å²) < 4.78 is 31.1. The summed E-state index contributed by atoms with van der Waals surface area (Å²) in [6.07, 6.45) is 1.34. The Morgan fingerprint density at radius 1 is 1.50 bits per heavy atom. The normalized spacial score (nSPS) is 11.7. The third-order valence-electron chi connectivity index (χ3n) is 2.34. The average molecular weight is 319 g/mol. The third-order valence-corrected chi connectivity index (χ3v) is 4.06. The minimum Gasteiger partial charge on any atom is -0.339 e. The van der Waals surface area contributed by atoms with Crippen LogP contribution in [0.25, 0.3) is 0 Å². The molecule has 8 nitrogen and oxygen atoms in total. The molecule has 2 heterocycles. The first kappa shape index (κ1) is 14.7. The predicted molar refractivity (Wildman–Crippen MR) is 70.0 cm³/mol. The lowest BCUT2D eigenvalue weighted by Gasteiger charge is -2.05. The second kappa shape index (κ2) is 5.73. The van der Waals surface area contributed by atoms with Gasteiger partial charge in [0.15, 0.2) is 5.82 Å². The zero-order chi connectivity index (χ0) is 14.8. The second-order valence-electron chi connectivity index (χ2n) is 3.90. The summed E-state index contributed by atoms with van der Waals surface area (Å²) in [5.41, 5.74) is -0.549. The molecular formula is C10H11ClN4O4S. The summed E-state index contributed by atoms with van der Waals surface area (Å²) in [6.45, 7) is 1.75. The summed E-state index contributed by atoms with van der Waals surface area (Å²) in [5.74, 6) is 0.819. The standard InChI is InChI=1S/C10H11ClN4O4S/c1-6-14-9(19-15-6)2-3-13-20(17,18)7-4-8(11)10(16)12-5-7/h4-5,13H,2-3H2,1H3,(H,12,16). The van der Waals surface area contributed by atoms with Crippen LogP contribution in [0.3, 0.4) is 0 Å². The van der Waals surface area contributed by atoms with Gasteiger partial charge in [-0.3, -0.25) is 4.79 Å². The van der Waals surface area contributed by atoms with E-state index in [1.807, 2.05) is 0 Å². The molecule has 2 aromatic rings. The van der Waals surface area contributed by atoms with Gasteiger partial charge in [0.2, 0.25) is 15.9 Å². The number of H-pyrrole nitrogens is 1. The number of rotatable bonds is 5. The largest absolute Gasteiger partial charge is 0.339 e. The summed E-state index contributed by atoms with van der Waals surface area (Å²) in [7, 11) is -3.76. The molecule has 0 aliphatic heterocycles. The Balaban J connectivity index is 2.03. The van der Waals surface area contributed by atoms with Gasteiger partial charge in [0, 0.05) is 19.2 Å². The number of nitrogens with one attached hydrogen (secondary N) is 2. The quantitative estimate of drug-likeness (QED) is 0.815. The van der Waals surface area contributed by atoms with Gasteiger partial charge in [-0.25, -0.2) is 13.1 Å². The smallest absolute Gasteiger partial charge is 0.266 e. The Labute approximate surface area is 119 Å². The van der Waals surface area contributed by atoms with E-state index < -0.39 is 15.6 Å². The van der Waals surface area contributed by atoms with E-state index in [4.69, 9.17) is 16.1 Å². The van der Waals surface area contributed by atoms with Crippen molar-refractivity contribution < 1.29 is 12.9 Å². The van der Waals surface area contributed by atoms with Gasteiger partial charge in [-0.2, -0.15) is 4.98 Å². The van der Waals surface area contributed by atoms with Crippen molar-refractivity contribution >= 4 is 21.6 Å². The molecule has 0 saturated carbocycles. The van der Waals surface area contributed by atoms with Crippen molar-refractivity contribution in [3.05, 3.63) is 39.4 Å².